The normalized spacial score (nSPS) is 14.0. The highest BCUT2D eigenvalue weighted by Gasteiger charge is 2.25. The molecule has 0 radical (unpaired) electrons. The molecular formula is C18H17FN2O2. The van der Waals surface area contributed by atoms with Crippen molar-refractivity contribution in [3.8, 4) is 0 Å². The van der Waals surface area contributed by atoms with Gasteiger partial charge in [-0.1, -0.05) is 30.7 Å². The molecule has 0 saturated heterocycles. The highest BCUT2D eigenvalue weighted by atomic mass is 19.1. The van der Waals surface area contributed by atoms with Gasteiger partial charge in [-0.25, -0.2) is 4.39 Å². The Balaban J connectivity index is 1.76. The van der Waals surface area contributed by atoms with E-state index >= 15 is 0 Å². The van der Waals surface area contributed by atoms with Crippen LogP contribution in [0.5, 0.6) is 0 Å². The third-order valence-corrected chi connectivity index (χ3v) is 4.03. The maximum atomic E-state index is 13.7. The molecule has 0 spiro atoms. The zero-order valence-electron chi connectivity index (χ0n) is 12.5. The van der Waals surface area contributed by atoms with E-state index in [-0.39, 0.29) is 17.4 Å². The summed E-state index contributed by atoms with van der Waals surface area (Å²) in [6.45, 7) is 0. The van der Waals surface area contributed by atoms with E-state index < -0.39 is 11.7 Å². The van der Waals surface area contributed by atoms with Crippen molar-refractivity contribution in [2.45, 2.75) is 19.3 Å². The van der Waals surface area contributed by atoms with Crippen LogP contribution in [0.4, 0.5) is 15.8 Å². The molecule has 3 rings (SSSR count). The van der Waals surface area contributed by atoms with E-state index in [9.17, 15) is 14.0 Å². The fourth-order valence-electron chi connectivity index (χ4n) is 2.44. The Bertz CT molecular complexity index is 741. The Kier molecular flexibility index (Phi) is 4.37. The van der Waals surface area contributed by atoms with Gasteiger partial charge in [0.25, 0.3) is 5.91 Å². The van der Waals surface area contributed by atoms with Crippen molar-refractivity contribution in [3.05, 3.63) is 59.9 Å². The number of hydrogen-bond acceptors (Lipinski definition) is 2. The van der Waals surface area contributed by atoms with Crippen molar-refractivity contribution in [2.75, 3.05) is 10.6 Å². The first-order valence-corrected chi connectivity index (χ1v) is 7.61. The van der Waals surface area contributed by atoms with Gasteiger partial charge < -0.3 is 10.6 Å². The fourth-order valence-corrected chi connectivity index (χ4v) is 2.44. The zero-order chi connectivity index (χ0) is 16.2. The summed E-state index contributed by atoms with van der Waals surface area (Å²) in [6, 6.07) is 12.7. The van der Waals surface area contributed by atoms with Crippen LogP contribution in [0.2, 0.25) is 0 Å². The number of halogens is 1. The van der Waals surface area contributed by atoms with E-state index in [1.54, 1.807) is 30.3 Å². The molecule has 1 aliphatic rings. The molecule has 2 aromatic carbocycles. The molecule has 2 amide bonds. The van der Waals surface area contributed by atoms with E-state index in [0.717, 1.165) is 19.3 Å². The van der Waals surface area contributed by atoms with Crippen molar-refractivity contribution in [2.24, 2.45) is 5.92 Å². The average Bonchev–Trinajstić information content (AvgIpc) is 2.47. The number of benzene rings is 2. The van der Waals surface area contributed by atoms with Gasteiger partial charge in [0.1, 0.15) is 5.82 Å². The maximum absolute atomic E-state index is 13.7. The number of anilines is 2. The lowest BCUT2D eigenvalue weighted by atomic mass is 9.85. The summed E-state index contributed by atoms with van der Waals surface area (Å²) in [4.78, 5) is 24.3. The molecule has 0 aromatic heterocycles. The monoisotopic (exact) mass is 312 g/mol. The van der Waals surface area contributed by atoms with E-state index in [4.69, 9.17) is 0 Å². The number of carbonyl (C=O) groups excluding carboxylic acids is 2. The topological polar surface area (TPSA) is 58.2 Å². The molecule has 1 saturated carbocycles. The molecule has 23 heavy (non-hydrogen) atoms. The van der Waals surface area contributed by atoms with Gasteiger partial charge in [-0.15, -0.1) is 0 Å². The second kappa shape index (κ2) is 6.60. The SMILES string of the molecule is O=C(Nc1ccccc1NC(=O)C1CCC1)c1ccccc1F. The van der Waals surface area contributed by atoms with Crippen LogP contribution >= 0.6 is 0 Å². The lowest BCUT2D eigenvalue weighted by Gasteiger charge is -2.24. The molecule has 0 unspecified atom stereocenters. The summed E-state index contributed by atoms with van der Waals surface area (Å²) in [7, 11) is 0. The number of rotatable bonds is 4. The quantitative estimate of drug-likeness (QED) is 0.901. The van der Waals surface area contributed by atoms with Gasteiger partial charge in [0, 0.05) is 5.92 Å². The summed E-state index contributed by atoms with van der Waals surface area (Å²) in [5.74, 6) is -1.12. The first kappa shape index (κ1) is 15.2. The van der Waals surface area contributed by atoms with Crippen molar-refractivity contribution in [1.29, 1.82) is 0 Å². The molecule has 118 valence electrons. The van der Waals surface area contributed by atoms with Crippen LogP contribution in [0.15, 0.2) is 48.5 Å². The number of amides is 2. The van der Waals surface area contributed by atoms with Crippen LogP contribution in [-0.2, 0) is 4.79 Å². The lowest BCUT2D eigenvalue weighted by Crippen LogP contribution is -2.28. The van der Waals surface area contributed by atoms with Gasteiger partial charge in [-0.3, -0.25) is 9.59 Å². The van der Waals surface area contributed by atoms with Crippen molar-refractivity contribution < 1.29 is 14.0 Å². The Morgan fingerprint density at radius 1 is 0.913 bits per heavy atom. The largest absolute Gasteiger partial charge is 0.324 e. The van der Waals surface area contributed by atoms with Crippen molar-refractivity contribution in [3.63, 3.8) is 0 Å². The molecule has 1 fully saturated rings. The number of carbonyl (C=O) groups is 2. The van der Waals surface area contributed by atoms with Crippen LogP contribution in [-0.4, -0.2) is 11.8 Å². The third kappa shape index (κ3) is 3.39. The average molecular weight is 312 g/mol. The predicted octanol–water partition coefficient (Wildman–Crippen LogP) is 3.82. The summed E-state index contributed by atoms with van der Waals surface area (Å²) >= 11 is 0. The first-order chi connectivity index (χ1) is 11.1. The first-order valence-electron chi connectivity index (χ1n) is 7.61. The summed E-state index contributed by atoms with van der Waals surface area (Å²) in [5.41, 5.74) is 0.940. The van der Waals surface area contributed by atoms with Gasteiger partial charge in [-0.05, 0) is 37.1 Å². The summed E-state index contributed by atoms with van der Waals surface area (Å²) in [6.07, 6.45) is 2.87. The van der Waals surface area contributed by atoms with Crippen LogP contribution in [0.1, 0.15) is 29.6 Å². The highest BCUT2D eigenvalue weighted by Crippen LogP contribution is 2.29. The van der Waals surface area contributed by atoms with Gasteiger partial charge in [-0.2, -0.15) is 0 Å². The standard InChI is InChI=1S/C18H17FN2O2/c19-14-9-2-1-8-13(14)18(23)21-16-11-4-3-10-15(16)20-17(22)12-6-5-7-12/h1-4,8-12H,5-7H2,(H,20,22)(H,21,23). The third-order valence-electron chi connectivity index (χ3n) is 4.03. The Morgan fingerprint density at radius 3 is 2.13 bits per heavy atom. The zero-order valence-corrected chi connectivity index (χ0v) is 12.5. The minimum absolute atomic E-state index is 0.0346. The van der Waals surface area contributed by atoms with Crippen LogP contribution in [0.3, 0.4) is 0 Å². The van der Waals surface area contributed by atoms with Crippen LogP contribution < -0.4 is 10.6 Å². The molecular weight excluding hydrogens is 295 g/mol. The van der Waals surface area contributed by atoms with Crippen LogP contribution in [0.25, 0.3) is 0 Å². The number of nitrogens with one attached hydrogen (secondary N) is 2. The summed E-state index contributed by atoms with van der Waals surface area (Å²) < 4.78 is 13.7. The molecule has 2 N–H and O–H groups in total. The minimum Gasteiger partial charge on any atom is -0.324 e. The molecule has 1 aliphatic carbocycles. The Labute approximate surface area is 133 Å². The van der Waals surface area contributed by atoms with Crippen LogP contribution in [0, 0.1) is 11.7 Å². The second-order valence-corrected chi connectivity index (χ2v) is 5.60. The van der Waals surface area contributed by atoms with Gasteiger partial charge >= 0.3 is 0 Å². The number of hydrogen-bond donors (Lipinski definition) is 2. The molecule has 0 heterocycles. The molecule has 0 aliphatic heterocycles. The maximum Gasteiger partial charge on any atom is 0.258 e. The number of para-hydroxylation sites is 2. The van der Waals surface area contributed by atoms with Crippen molar-refractivity contribution >= 4 is 23.2 Å². The predicted molar refractivity (Wildman–Crippen MR) is 86.8 cm³/mol. The highest BCUT2D eigenvalue weighted by molar-refractivity contribution is 6.07. The molecule has 2 aromatic rings. The molecule has 0 atom stereocenters. The van der Waals surface area contributed by atoms with E-state index in [1.807, 2.05) is 0 Å². The molecule has 5 heteroatoms. The molecule has 0 bridgehead atoms. The molecule has 4 nitrogen and oxygen atoms in total. The van der Waals surface area contributed by atoms with Crippen molar-refractivity contribution in [1.82, 2.24) is 0 Å². The van der Waals surface area contributed by atoms with Gasteiger partial charge in [0.15, 0.2) is 0 Å². The van der Waals surface area contributed by atoms with E-state index in [0.29, 0.717) is 11.4 Å². The Hall–Kier alpha value is -2.69. The summed E-state index contributed by atoms with van der Waals surface area (Å²) in [5, 5.41) is 5.49. The Morgan fingerprint density at radius 2 is 1.52 bits per heavy atom. The van der Waals surface area contributed by atoms with Gasteiger partial charge in [0.05, 0.1) is 16.9 Å². The smallest absolute Gasteiger partial charge is 0.258 e. The fraction of sp³-hybridized carbons (Fsp3) is 0.222. The minimum atomic E-state index is -0.582. The second-order valence-electron chi connectivity index (χ2n) is 5.60. The lowest BCUT2D eigenvalue weighted by molar-refractivity contribution is -0.122. The van der Waals surface area contributed by atoms with E-state index in [2.05, 4.69) is 10.6 Å². The van der Waals surface area contributed by atoms with Gasteiger partial charge in [0.2, 0.25) is 5.91 Å². The van der Waals surface area contributed by atoms with E-state index in [1.165, 1.54) is 18.2 Å².